The van der Waals surface area contributed by atoms with Crippen LogP contribution in [0.2, 0.25) is 25.7 Å². The summed E-state index contributed by atoms with van der Waals surface area (Å²) in [6.45, 7) is 12.1. The van der Waals surface area contributed by atoms with Gasteiger partial charge in [-0.2, -0.15) is 0 Å². The Labute approximate surface area is 149 Å². The van der Waals surface area contributed by atoms with E-state index in [9.17, 15) is 0 Å². The number of hydrogen-bond donors (Lipinski definition) is 1. The van der Waals surface area contributed by atoms with Crippen molar-refractivity contribution in [3.63, 3.8) is 0 Å². The summed E-state index contributed by atoms with van der Waals surface area (Å²) in [6.07, 6.45) is 15.2. The van der Waals surface area contributed by atoms with Gasteiger partial charge in [-0.1, -0.05) is 90.9 Å². The molecule has 0 amide bonds. The van der Waals surface area contributed by atoms with Gasteiger partial charge in [0.1, 0.15) is 0 Å². The Morgan fingerprint density at radius 3 is 1.52 bits per heavy atom. The molecule has 21 heavy (non-hydrogen) atoms. The molecule has 0 aliphatic rings. The maximum Gasteiger partial charge on any atom is 0.0442 e. The van der Waals surface area contributed by atoms with Gasteiger partial charge in [-0.05, 0) is 19.3 Å². The third kappa shape index (κ3) is 12.0. The highest BCUT2D eigenvalue weighted by molar-refractivity contribution is 14.1. The molecule has 3 heteroatoms. The molecule has 0 spiro atoms. The van der Waals surface area contributed by atoms with Gasteiger partial charge in [-0.15, -0.1) is 0 Å². The second kappa shape index (κ2) is 12.3. The summed E-state index contributed by atoms with van der Waals surface area (Å²) >= 11 is 2.43. The van der Waals surface area contributed by atoms with Crippen molar-refractivity contribution >= 4 is 30.9 Å². The Morgan fingerprint density at radius 1 is 0.762 bits per heavy atom. The van der Waals surface area contributed by atoms with E-state index in [2.05, 4.69) is 59.9 Å². The Kier molecular flexibility index (Phi) is 12.9. The predicted octanol–water partition coefficient (Wildman–Crippen LogP) is 7.33. The second-order valence-corrected chi connectivity index (χ2v) is 14.2. The fourth-order valence-corrected chi connectivity index (χ4v) is 5.18. The molecular formula is C18H40INSi. The van der Waals surface area contributed by atoms with Crippen molar-refractivity contribution in [2.45, 2.75) is 116 Å². The quantitative estimate of drug-likeness (QED) is 0.133. The number of unbranched alkanes of at least 4 members (excludes halogenated alkanes) is 5. The summed E-state index contributed by atoms with van der Waals surface area (Å²) in [7, 11) is -0.848. The van der Waals surface area contributed by atoms with Crippen LogP contribution in [0.25, 0.3) is 0 Å². The van der Waals surface area contributed by atoms with E-state index in [4.69, 9.17) is 0 Å². The smallest absolute Gasteiger partial charge is 0.0442 e. The minimum atomic E-state index is -0.848. The van der Waals surface area contributed by atoms with Gasteiger partial charge in [-0.25, -0.2) is 0 Å². The Hall–Kier alpha value is 0.907. The zero-order valence-corrected chi connectivity index (χ0v) is 18.5. The van der Waals surface area contributed by atoms with Crippen molar-refractivity contribution in [1.82, 2.24) is 3.53 Å². The first kappa shape index (κ1) is 21.9. The Morgan fingerprint density at radius 2 is 1.19 bits per heavy atom. The number of rotatable bonds is 14. The first-order chi connectivity index (χ1) is 9.89. The fourth-order valence-electron chi connectivity index (χ4n) is 3.06. The summed E-state index contributed by atoms with van der Waals surface area (Å²) in [5, 5.41) is 0. The van der Waals surface area contributed by atoms with Gasteiger partial charge < -0.3 is 0 Å². The van der Waals surface area contributed by atoms with Gasteiger partial charge in [0.25, 0.3) is 0 Å². The number of nitrogens with one attached hydrogen (secondary N) is 1. The van der Waals surface area contributed by atoms with Gasteiger partial charge in [0.15, 0.2) is 0 Å². The lowest BCUT2D eigenvalue weighted by Gasteiger charge is -2.33. The van der Waals surface area contributed by atoms with E-state index in [1.54, 1.807) is 0 Å². The molecule has 0 fully saturated rings. The van der Waals surface area contributed by atoms with E-state index in [1.165, 1.54) is 76.7 Å². The van der Waals surface area contributed by atoms with E-state index in [0.717, 1.165) is 0 Å². The van der Waals surface area contributed by atoms with Crippen molar-refractivity contribution in [1.29, 1.82) is 0 Å². The van der Waals surface area contributed by atoms with E-state index < -0.39 is 8.07 Å². The molecule has 0 radical (unpaired) electrons. The summed E-state index contributed by atoms with van der Waals surface area (Å²) in [6, 6.07) is 1.49. The first-order valence-electron chi connectivity index (χ1n) is 9.27. The highest BCUT2D eigenvalue weighted by Crippen LogP contribution is 2.30. The third-order valence-corrected chi connectivity index (χ3v) is 7.55. The molecule has 0 unspecified atom stereocenters. The second-order valence-electron chi connectivity index (χ2n) is 8.06. The van der Waals surface area contributed by atoms with Gasteiger partial charge in [-0.3, -0.25) is 3.53 Å². The molecule has 0 aliphatic heterocycles. The Bertz CT molecular complexity index is 228. The van der Waals surface area contributed by atoms with Gasteiger partial charge >= 0.3 is 0 Å². The highest BCUT2D eigenvalue weighted by atomic mass is 127. The lowest BCUT2D eigenvalue weighted by Crippen LogP contribution is -2.39. The minimum absolute atomic E-state index is 0.421. The molecule has 0 rings (SSSR count). The van der Waals surface area contributed by atoms with Gasteiger partial charge in [0, 0.05) is 36.5 Å². The van der Waals surface area contributed by atoms with Crippen LogP contribution < -0.4 is 3.53 Å². The lowest BCUT2D eigenvalue weighted by molar-refractivity contribution is 0.294. The van der Waals surface area contributed by atoms with Crippen LogP contribution in [0.1, 0.15) is 84.5 Å². The molecule has 1 nitrogen and oxygen atoms in total. The molecule has 0 saturated heterocycles. The topological polar surface area (TPSA) is 12.0 Å². The molecule has 0 aliphatic carbocycles. The van der Waals surface area contributed by atoms with Crippen LogP contribution in [-0.4, -0.2) is 13.6 Å². The number of halogens is 1. The van der Waals surface area contributed by atoms with Crippen LogP contribution in [-0.2, 0) is 0 Å². The molecule has 0 aromatic rings. The SMILES string of the molecule is CCCCCC(CCCCC)(CCCC[Si](C)(C)C)NI. The summed E-state index contributed by atoms with van der Waals surface area (Å²) in [4.78, 5) is 0. The highest BCUT2D eigenvalue weighted by Gasteiger charge is 2.27. The van der Waals surface area contributed by atoms with Crippen molar-refractivity contribution in [3.8, 4) is 0 Å². The van der Waals surface area contributed by atoms with E-state index in [-0.39, 0.29) is 0 Å². The fraction of sp³-hybridized carbons (Fsp3) is 1.00. The monoisotopic (exact) mass is 425 g/mol. The molecule has 0 atom stereocenters. The molecule has 0 aromatic carbocycles. The van der Waals surface area contributed by atoms with Crippen LogP contribution in [0.4, 0.5) is 0 Å². The minimum Gasteiger partial charge on any atom is -0.255 e. The van der Waals surface area contributed by atoms with Crippen molar-refractivity contribution < 1.29 is 0 Å². The zero-order valence-electron chi connectivity index (χ0n) is 15.4. The average molecular weight is 426 g/mol. The zero-order chi connectivity index (χ0) is 16.2. The predicted molar refractivity (Wildman–Crippen MR) is 110 cm³/mol. The van der Waals surface area contributed by atoms with Crippen LogP contribution >= 0.6 is 22.9 Å². The Balaban J connectivity index is 4.31. The van der Waals surface area contributed by atoms with E-state index in [1.807, 2.05) is 0 Å². The van der Waals surface area contributed by atoms with E-state index >= 15 is 0 Å². The van der Waals surface area contributed by atoms with Crippen molar-refractivity contribution in [2.24, 2.45) is 0 Å². The molecule has 0 saturated carbocycles. The van der Waals surface area contributed by atoms with Crippen molar-refractivity contribution in [3.05, 3.63) is 0 Å². The summed E-state index contributed by atoms with van der Waals surface area (Å²) in [5.41, 5.74) is 0.421. The number of hydrogen-bond acceptors (Lipinski definition) is 1. The normalized spacial score (nSPS) is 12.9. The molecule has 0 aromatic heterocycles. The maximum atomic E-state index is 3.71. The van der Waals surface area contributed by atoms with Gasteiger partial charge in [0.2, 0.25) is 0 Å². The molecule has 128 valence electrons. The molecule has 1 N–H and O–H groups in total. The van der Waals surface area contributed by atoms with Gasteiger partial charge in [0.05, 0.1) is 0 Å². The van der Waals surface area contributed by atoms with Crippen LogP contribution in [0.15, 0.2) is 0 Å². The van der Waals surface area contributed by atoms with Crippen molar-refractivity contribution in [2.75, 3.05) is 0 Å². The average Bonchev–Trinajstić information content (AvgIpc) is 2.42. The molecule has 0 heterocycles. The largest absolute Gasteiger partial charge is 0.255 e. The first-order valence-corrected chi connectivity index (χ1v) is 14.1. The third-order valence-electron chi connectivity index (χ3n) is 4.55. The molecular weight excluding hydrogens is 385 g/mol. The van der Waals surface area contributed by atoms with Crippen LogP contribution in [0.3, 0.4) is 0 Å². The lowest BCUT2D eigenvalue weighted by atomic mass is 9.83. The maximum absolute atomic E-state index is 3.71. The summed E-state index contributed by atoms with van der Waals surface area (Å²) in [5.74, 6) is 0. The standard InChI is InChI=1S/C18H40INSi/c1-6-8-10-14-18(20-19,15-11-9-7-2)16-12-13-17-21(3,4)5/h20H,6-17H2,1-5H3. The summed E-state index contributed by atoms with van der Waals surface area (Å²) < 4.78 is 3.71. The van der Waals surface area contributed by atoms with Crippen LogP contribution in [0.5, 0.6) is 0 Å². The van der Waals surface area contributed by atoms with Crippen LogP contribution in [0, 0.1) is 0 Å². The molecule has 0 bridgehead atoms. The van der Waals surface area contributed by atoms with E-state index in [0.29, 0.717) is 5.54 Å².